The van der Waals surface area contributed by atoms with E-state index in [-0.39, 0.29) is 48.8 Å². The van der Waals surface area contributed by atoms with Crippen molar-refractivity contribution < 1.29 is 28.6 Å². The van der Waals surface area contributed by atoms with Crippen molar-refractivity contribution in [2.75, 3.05) is 37.6 Å². The van der Waals surface area contributed by atoms with Gasteiger partial charge in [-0.2, -0.15) is 4.58 Å². The molecule has 4 aliphatic heterocycles. The summed E-state index contributed by atoms with van der Waals surface area (Å²) < 4.78 is 2.48. The first-order valence-corrected chi connectivity index (χ1v) is 24.3. The number of amides is 3. The largest absolute Gasteiger partial charge is 0.344 e. The number of carbonyl (C=O) groups is 4. The highest BCUT2D eigenvalue weighted by molar-refractivity contribution is 6.03. The van der Waals surface area contributed by atoms with Crippen LogP contribution in [0.5, 0.6) is 0 Å². The molecule has 2 aromatic rings. The molecule has 10 heteroatoms. The molecular formula is C54H72N5O5+. The van der Waals surface area contributed by atoms with Crippen LogP contribution in [0.3, 0.4) is 0 Å². The smallest absolute Gasteiger partial charge is 0.333 e. The van der Waals surface area contributed by atoms with Crippen LogP contribution >= 0.6 is 0 Å². The fourth-order valence-corrected chi connectivity index (χ4v) is 10.8. The first kappa shape index (κ1) is 46.9. The Morgan fingerprint density at radius 3 is 2.28 bits per heavy atom. The van der Waals surface area contributed by atoms with Gasteiger partial charge in [0.1, 0.15) is 6.54 Å². The SMILES string of the molecule is CCCN1/C(=C/C=C2\CCCC(/C=C/C3=[N+](CCC)c4ccccc4C3(C)C)=C2N(CCCN2CCCCC2C)C(=O)CCCC(=O)ON2C(=O)CCC2=O)C(C)(C)c2ccccc21. The zero-order valence-corrected chi connectivity index (χ0v) is 39.7. The third-order valence-corrected chi connectivity index (χ3v) is 14.2. The van der Waals surface area contributed by atoms with E-state index in [1.54, 1.807) is 0 Å². The van der Waals surface area contributed by atoms with Gasteiger partial charge in [0.05, 0.1) is 5.41 Å². The lowest BCUT2D eigenvalue weighted by molar-refractivity contribution is -0.437. The second kappa shape index (κ2) is 20.4. The summed E-state index contributed by atoms with van der Waals surface area (Å²) in [5, 5.41) is 0.588. The molecule has 10 nitrogen and oxygen atoms in total. The van der Waals surface area contributed by atoms with Crippen LogP contribution in [0, 0.1) is 0 Å². The number of anilines is 1. The van der Waals surface area contributed by atoms with Crippen molar-refractivity contribution in [3.63, 3.8) is 0 Å². The molecule has 0 aromatic heterocycles. The van der Waals surface area contributed by atoms with Gasteiger partial charge in [0, 0.05) is 98.0 Å². The maximum absolute atomic E-state index is 14.9. The summed E-state index contributed by atoms with van der Waals surface area (Å²) in [5.41, 5.74) is 10.6. The molecule has 2 aromatic carbocycles. The monoisotopic (exact) mass is 871 g/mol. The number of piperidine rings is 1. The van der Waals surface area contributed by atoms with Gasteiger partial charge in [-0.05, 0) is 108 Å². The van der Waals surface area contributed by atoms with Gasteiger partial charge >= 0.3 is 5.97 Å². The molecular weight excluding hydrogens is 799 g/mol. The van der Waals surface area contributed by atoms with Gasteiger partial charge < -0.3 is 19.5 Å². The molecule has 3 amide bonds. The molecule has 4 heterocycles. The van der Waals surface area contributed by atoms with Gasteiger partial charge in [-0.1, -0.05) is 82.7 Å². The summed E-state index contributed by atoms with van der Waals surface area (Å²) in [4.78, 5) is 64.4. The van der Waals surface area contributed by atoms with Gasteiger partial charge in [0.25, 0.3) is 11.8 Å². The molecule has 2 saturated heterocycles. The lowest BCUT2D eigenvalue weighted by Gasteiger charge is -2.35. The second-order valence-corrected chi connectivity index (χ2v) is 19.5. The maximum atomic E-state index is 14.9. The number of para-hydroxylation sites is 2. The molecule has 1 aliphatic carbocycles. The van der Waals surface area contributed by atoms with Crippen LogP contribution in [-0.2, 0) is 34.8 Å². The minimum absolute atomic E-state index is 0.0373. The average Bonchev–Trinajstić information content (AvgIpc) is 3.79. The van der Waals surface area contributed by atoms with Crippen LogP contribution < -0.4 is 4.90 Å². The normalized spacial score (nSPS) is 22.1. The van der Waals surface area contributed by atoms with Crippen molar-refractivity contribution in [3.8, 4) is 0 Å². The van der Waals surface area contributed by atoms with E-state index in [1.807, 2.05) is 4.90 Å². The summed E-state index contributed by atoms with van der Waals surface area (Å²) in [5.74, 6) is -1.73. The van der Waals surface area contributed by atoms with E-state index in [0.29, 0.717) is 17.6 Å². The van der Waals surface area contributed by atoms with E-state index < -0.39 is 17.8 Å². The van der Waals surface area contributed by atoms with Gasteiger partial charge in [-0.25, -0.2) is 4.79 Å². The quantitative estimate of drug-likeness (QED) is 0.115. The number of benzene rings is 2. The Morgan fingerprint density at radius 1 is 0.812 bits per heavy atom. The number of allylic oxidation sites excluding steroid dienone is 7. The number of hydrogen-bond acceptors (Lipinski definition) is 7. The number of hydrogen-bond donors (Lipinski definition) is 0. The van der Waals surface area contributed by atoms with E-state index in [1.165, 1.54) is 53.2 Å². The van der Waals surface area contributed by atoms with Gasteiger partial charge in [0.2, 0.25) is 11.6 Å². The van der Waals surface area contributed by atoms with Crippen molar-refractivity contribution in [2.45, 2.75) is 155 Å². The molecule has 0 saturated carbocycles. The minimum Gasteiger partial charge on any atom is -0.344 e. The first-order valence-electron chi connectivity index (χ1n) is 24.3. The Labute approximate surface area is 382 Å². The number of nitrogens with zero attached hydrogens (tertiary/aromatic N) is 5. The molecule has 342 valence electrons. The first-order chi connectivity index (χ1) is 30.8. The van der Waals surface area contributed by atoms with Gasteiger partial charge in [-0.15, -0.1) is 5.06 Å². The molecule has 0 radical (unpaired) electrons. The number of rotatable bonds is 17. The Morgan fingerprint density at radius 2 is 1.55 bits per heavy atom. The van der Waals surface area contributed by atoms with Crippen LogP contribution in [0.1, 0.15) is 149 Å². The number of imide groups is 1. The second-order valence-electron chi connectivity index (χ2n) is 19.5. The van der Waals surface area contributed by atoms with Crippen molar-refractivity contribution in [2.24, 2.45) is 0 Å². The summed E-state index contributed by atoms with van der Waals surface area (Å²) in [6, 6.07) is 18.0. The zero-order valence-electron chi connectivity index (χ0n) is 39.7. The summed E-state index contributed by atoms with van der Waals surface area (Å²) in [6.45, 7) is 20.4. The van der Waals surface area contributed by atoms with E-state index >= 15 is 0 Å². The summed E-state index contributed by atoms with van der Waals surface area (Å²) in [7, 11) is 0. The van der Waals surface area contributed by atoms with E-state index in [0.717, 1.165) is 81.5 Å². The van der Waals surface area contributed by atoms with Crippen LogP contribution in [0.4, 0.5) is 11.4 Å². The highest BCUT2D eigenvalue weighted by Crippen LogP contribution is 2.48. The summed E-state index contributed by atoms with van der Waals surface area (Å²) in [6.07, 6.45) is 18.7. The molecule has 7 rings (SSSR count). The number of fused-ring (bicyclic) bond motifs is 2. The van der Waals surface area contributed by atoms with E-state index in [9.17, 15) is 19.2 Å². The molecule has 64 heavy (non-hydrogen) atoms. The fourth-order valence-electron chi connectivity index (χ4n) is 10.8. The summed E-state index contributed by atoms with van der Waals surface area (Å²) >= 11 is 0. The third kappa shape index (κ3) is 9.77. The van der Waals surface area contributed by atoms with E-state index in [4.69, 9.17) is 4.84 Å². The Bertz CT molecular complexity index is 2250. The standard InChI is InChI=1S/C54H72N5O5/c1-8-34-56-44-24-12-10-22-42(44)53(4,5)46(56)30-28-40-20-16-21-41(29-31-47-54(6,7)43-23-11-13-25-45(43)57(47)35-9-2)52(40)58(38-18-37-55-36-15-14-19-39(55)3)48(60)26-17-27-51(63)64-59-49(61)32-33-50(59)62/h10-13,22-25,28-31,39H,8-9,14-21,26-27,32-38H2,1-7H3/q+1. The predicted octanol–water partition coefficient (Wildman–Crippen LogP) is 10.4. The van der Waals surface area contributed by atoms with Crippen molar-refractivity contribution in [3.05, 3.63) is 107 Å². The number of hydroxylamine groups is 2. The lowest BCUT2D eigenvalue weighted by Crippen LogP contribution is -2.40. The molecule has 0 spiro atoms. The third-order valence-electron chi connectivity index (χ3n) is 14.2. The zero-order chi connectivity index (χ0) is 45.6. The minimum atomic E-state index is -0.680. The molecule has 0 N–H and O–H groups in total. The number of carbonyl (C=O) groups excluding carboxylic acids is 4. The molecule has 5 aliphatic rings. The van der Waals surface area contributed by atoms with Gasteiger partial charge in [-0.3, -0.25) is 14.4 Å². The predicted molar refractivity (Wildman–Crippen MR) is 255 cm³/mol. The van der Waals surface area contributed by atoms with Crippen molar-refractivity contribution in [1.82, 2.24) is 14.9 Å². The maximum Gasteiger partial charge on any atom is 0.333 e. The Balaban J connectivity index is 1.29. The topological polar surface area (TPSA) is 93.5 Å². The highest BCUT2D eigenvalue weighted by atomic mass is 16.7. The molecule has 2 fully saturated rings. The number of likely N-dealkylation sites (tertiary alicyclic amines) is 1. The van der Waals surface area contributed by atoms with Crippen LogP contribution in [0.25, 0.3) is 0 Å². The molecule has 1 unspecified atom stereocenters. The lowest BCUT2D eigenvalue weighted by atomic mass is 9.81. The Hall–Kier alpha value is -5.09. The Kier molecular flexibility index (Phi) is 14.9. The van der Waals surface area contributed by atoms with Crippen LogP contribution in [-0.4, -0.2) is 87.6 Å². The molecule has 0 bridgehead atoms. The van der Waals surface area contributed by atoms with Crippen molar-refractivity contribution in [1.29, 1.82) is 0 Å². The van der Waals surface area contributed by atoms with Crippen LogP contribution in [0.2, 0.25) is 0 Å². The highest BCUT2D eigenvalue weighted by Gasteiger charge is 2.44. The van der Waals surface area contributed by atoms with Crippen molar-refractivity contribution >= 4 is 40.8 Å². The van der Waals surface area contributed by atoms with E-state index in [2.05, 4.69) is 136 Å². The van der Waals surface area contributed by atoms with Crippen LogP contribution in [0.15, 0.2) is 95.4 Å². The molecule has 1 atom stereocenters. The van der Waals surface area contributed by atoms with Gasteiger partial charge in [0.15, 0.2) is 5.71 Å². The average molecular weight is 871 g/mol. The fraction of sp³-hybridized carbons (Fsp3) is 0.537.